The van der Waals surface area contributed by atoms with Crippen LogP contribution in [0, 0.1) is 0 Å². The second-order valence-corrected chi connectivity index (χ2v) is 4.96. The number of esters is 1. The van der Waals surface area contributed by atoms with Crippen molar-refractivity contribution < 1.29 is 14.1 Å². The maximum atomic E-state index is 11.3. The molecule has 0 aliphatic carbocycles. The number of ether oxygens (including phenoxy) is 1. The normalized spacial score (nSPS) is 25.8. The molecule has 1 saturated heterocycles. The molecule has 3 nitrogen and oxygen atoms in total. The van der Waals surface area contributed by atoms with Crippen molar-refractivity contribution in [2.75, 3.05) is 12.8 Å². The van der Waals surface area contributed by atoms with Gasteiger partial charge >= 0.3 is 13.8 Å². The van der Waals surface area contributed by atoms with Crippen molar-refractivity contribution in [2.45, 2.75) is 31.8 Å². The number of rotatable bonds is 3. The summed E-state index contributed by atoms with van der Waals surface area (Å²) in [7, 11) is -1.12. The fourth-order valence-corrected chi connectivity index (χ4v) is 3.11. The largest absolute Gasteiger partial charge is 0.466 e. The van der Waals surface area contributed by atoms with E-state index >= 15 is 0 Å². The molecule has 2 unspecified atom stereocenters. The first-order valence-corrected chi connectivity index (χ1v) is 5.85. The van der Waals surface area contributed by atoms with Crippen LogP contribution in [-0.4, -0.2) is 24.4 Å². The zero-order valence-electron chi connectivity index (χ0n) is 7.28. The fraction of sp³-hybridized carbons (Fsp3) is 0.875. The number of carbonyl (C=O) groups is 1. The van der Waals surface area contributed by atoms with Crippen molar-refractivity contribution in [2.24, 2.45) is 0 Å². The molecule has 68 valence electrons. The minimum absolute atomic E-state index is 0.0963. The number of hydrogen-bond acceptors (Lipinski definition) is 3. The first-order chi connectivity index (χ1) is 5.74. The Morgan fingerprint density at radius 1 is 1.67 bits per heavy atom. The quantitative estimate of drug-likeness (QED) is 0.503. The summed E-state index contributed by atoms with van der Waals surface area (Å²) in [6, 6.07) is 0. The minimum atomic E-state index is -1.12. The maximum Gasteiger partial charge on any atom is 0.342 e. The third-order valence-electron chi connectivity index (χ3n) is 2.03. The van der Waals surface area contributed by atoms with Crippen LogP contribution < -0.4 is 0 Å². The van der Waals surface area contributed by atoms with Gasteiger partial charge in [0.1, 0.15) is 6.16 Å². The van der Waals surface area contributed by atoms with Gasteiger partial charge in [0.05, 0.1) is 13.0 Å². The Bertz CT molecular complexity index is 191. The van der Waals surface area contributed by atoms with Crippen molar-refractivity contribution in [1.29, 1.82) is 0 Å². The van der Waals surface area contributed by atoms with Crippen molar-refractivity contribution in [3.63, 3.8) is 0 Å². The van der Waals surface area contributed by atoms with E-state index in [2.05, 4.69) is 0 Å². The second-order valence-electron chi connectivity index (χ2n) is 2.95. The standard InChI is InChI=1S/C8H14O3P/c1-2-11-8(9)6-7-4-3-5-12(7)10/h7H,2-6H2,1H3/q+1. The van der Waals surface area contributed by atoms with Gasteiger partial charge in [0, 0.05) is 0 Å². The van der Waals surface area contributed by atoms with E-state index < -0.39 is 7.80 Å². The van der Waals surface area contributed by atoms with Gasteiger partial charge in [-0.15, -0.1) is 0 Å². The summed E-state index contributed by atoms with van der Waals surface area (Å²) in [5.41, 5.74) is 0.0963. The Kier molecular flexibility index (Phi) is 3.67. The highest BCUT2D eigenvalue weighted by molar-refractivity contribution is 7.45. The van der Waals surface area contributed by atoms with Gasteiger partial charge in [0.25, 0.3) is 0 Å². The molecular weight excluding hydrogens is 175 g/mol. The smallest absolute Gasteiger partial charge is 0.342 e. The molecule has 0 aromatic heterocycles. The minimum Gasteiger partial charge on any atom is -0.466 e. The molecule has 0 aromatic carbocycles. The lowest BCUT2D eigenvalue weighted by atomic mass is 10.2. The van der Waals surface area contributed by atoms with Crippen LogP contribution >= 0.6 is 7.80 Å². The van der Waals surface area contributed by atoms with Gasteiger partial charge < -0.3 is 4.74 Å². The second kappa shape index (κ2) is 4.56. The van der Waals surface area contributed by atoms with Gasteiger partial charge in [-0.05, 0) is 19.8 Å². The van der Waals surface area contributed by atoms with Crippen molar-refractivity contribution in [1.82, 2.24) is 0 Å². The van der Waals surface area contributed by atoms with E-state index in [1.54, 1.807) is 6.92 Å². The van der Waals surface area contributed by atoms with Gasteiger partial charge in [-0.2, -0.15) is 0 Å². The van der Waals surface area contributed by atoms with Crippen LogP contribution in [0.4, 0.5) is 0 Å². The summed E-state index contributed by atoms with van der Waals surface area (Å²) >= 11 is 0. The Labute approximate surface area is 73.3 Å². The molecule has 2 atom stereocenters. The summed E-state index contributed by atoms with van der Waals surface area (Å²) in [6.07, 6.45) is 3.07. The number of hydrogen-bond donors (Lipinski definition) is 0. The molecule has 0 N–H and O–H groups in total. The van der Waals surface area contributed by atoms with Gasteiger partial charge in [0.2, 0.25) is 0 Å². The average Bonchev–Trinajstić information content (AvgIpc) is 2.37. The Hall–Kier alpha value is -0.430. The van der Waals surface area contributed by atoms with E-state index in [0.29, 0.717) is 13.0 Å². The zero-order chi connectivity index (χ0) is 8.97. The summed E-state index contributed by atoms with van der Waals surface area (Å²) in [5, 5.41) is 0. The zero-order valence-corrected chi connectivity index (χ0v) is 8.18. The molecule has 0 spiro atoms. The van der Waals surface area contributed by atoms with E-state index in [0.717, 1.165) is 19.0 Å². The molecule has 0 radical (unpaired) electrons. The molecule has 1 aliphatic heterocycles. The molecule has 4 heteroatoms. The molecule has 1 aliphatic rings. The Morgan fingerprint density at radius 3 is 2.92 bits per heavy atom. The molecule has 0 saturated carbocycles. The first kappa shape index (κ1) is 9.66. The van der Waals surface area contributed by atoms with Gasteiger partial charge in [-0.25, -0.2) is 0 Å². The predicted octanol–water partition coefficient (Wildman–Crippen LogP) is 1.93. The van der Waals surface area contributed by atoms with E-state index in [4.69, 9.17) is 4.74 Å². The van der Waals surface area contributed by atoms with Crippen molar-refractivity contribution in [3.8, 4) is 0 Å². The molecule has 0 amide bonds. The summed E-state index contributed by atoms with van der Waals surface area (Å²) in [6.45, 7) is 2.20. The van der Waals surface area contributed by atoms with E-state index in [9.17, 15) is 9.36 Å². The maximum absolute atomic E-state index is 11.3. The fourth-order valence-electron chi connectivity index (χ4n) is 1.43. The summed E-state index contributed by atoms with van der Waals surface area (Å²) in [4.78, 5) is 11.0. The lowest BCUT2D eigenvalue weighted by Gasteiger charge is -2.00. The number of carbonyl (C=O) groups excluding carboxylic acids is 1. The van der Waals surface area contributed by atoms with Crippen LogP contribution in [0.2, 0.25) is 0 Å². The third-order valence-corrected chi connectivity index (χ3v) is 4.04. The van der Waals surface area contributed by atoms with Gasteiger partial charge in [0.15, 0.2) is 5.66 Å². The Balaban J connectivity index is 2.30. The SMILES string of the molecule is CCOC(=O)CC1CCC[P+]1=O. The van der Waals surface area contributed by atoms with Crippen LogP contribution in [0.3, 0.4) is 0 Å². The molecule has 1 rings (SSSR count). The first-order valence-electron chi connectivity index (χ1n) is 4.33. The molecule has 12 heavy (non-hydrogen) atoms. The summed E-state index contributed by atoms with van der Waals surface area (Å²) in [5.74, 6) is -0.201. The predicted molar refractivity (Wildman–Crippen MR) is 46.7 cm³/mol. The van der Waals surface area contributed by atoms with E-state index in [1.165, 1.54) is 0 Å². The highest BCUT2D eigenvalue weighted by atomic mass is 31.1. The topological polar surface area (TPSA) is 43.4 Å². The molecule has 0 bridgehead atoms. The third kappa shape index (κ3) is 2.56. The van der Waals surface area contributed by atoms with Crippen LogP contribution in [-0.2, 0) is 14.1 Å². The highest BCUT2D eigenvalue weighted by Crippen LogP contribution is 2.41. The van der Waals surface area contributed by atoms with Crippen molar-refractivity contribution in [3.05, 3.63) is 0 Å². The van der Waals surface area contributed by atoms with Crippen LogP contribution in [0.5, 0.6) is 0 Å². The lowest BCUT2D eigenvalue weighted by molar-refractivity contribution is -0.143. The van der Waals surface area contributed by atoms with Crippen LogP contribution in [0.1, 0.15) is 26.2 Å². The lowest BCUT2D eigenvalue weighted by Crippen LogP contribution is -2.10. The monoisotopic (exact) mass is 189 g/mol. The molecule has 0 aromatic rings. The Morgan fingerprint density at radius 2 is 2.42 bits per heavy atom. The van der Waals surface area contributed by atoms with Crippen molar-refractivity contribution >= 4 is 13.8 Å². The average molecular weight is 189 g/mol. The molecule has 1 fully saturated rings. The van der Waals surface area contributed by atoms with Gasteiger partial charge in [-0.3, -0.25) is 4.79 Å². The highest BCUT2D eigenvalue weighted by Gasteiger charge is 2.37. The summed E-state index contributed by atoms with van der Waals surface area (Å²) < 4.78 is 16.0. The van der Waals surface area contributed by atoms with Gasteiger partial charge in [-0.1, -0.05) is 4.57 Å². The van der Waals surface area contributed by atoms with Crippen LogP contribution in [0.25, 0.3) is 0 Å². The van der Waals surface area contributed by atoms with Crippen LogP contribution in [0.15, 0.2) is 0 Å². The van der Waals surface area contributed by atoms with E-state index in [-0.39, 0.29) is 11.6 Å². The van der Waals surface area contributed by atoms with E-state index in [1.807, 2.05) is 0 Å². The molecular formula is C8H14O3P+. The molecule has 1 heterocycles.